The second-order valence-electron chi connectivity index (χ2n) is 5.98. The van der Waals surface area contributed by atoms with Crippen LogP contribution in [0.15, 0.2) is 15.8 Å². The number of hydrogen-bond donors (Lipinski definition) is 5. The molecule has 1 rings (SSSR count). The monoisotopic (exact) mass is 576 g/mol. The van der Waals surface area contributed by atoms with Gasteiger partial charge in [0.25, 0.3) is 5.56 Å². The number of aryl methyl sites for hydroxylation is 1. The van der Waals surface area contributed by atoms with E-state index in [1.54, 1.807) is 6.26 Å². The van der Waals surface area contributed by atoms with E-state index in [1.807, 2.05) is 0 Å². The Bertz CT molecular complexity index is 1040. The number of phosphoric acid groups is 3. The lowest BCUT2D eigenvalue weighted by Gasteiger charge is -2.25. The number of aromatic amines is 1. The van der Waals surface area contributed by atoms with E-state index in [-0.39, 0.29) is 17.9 Å². The Labute approximate surface area is 194 Å². The summed E-state index contributed by atoms with van der Waals surface area (Å²) in [6.07, 6.45) is 0.758. The highest BCUT2D eigenvalue weighted by molar-refractivity contribution is 8.76. The van der Waals surface area contributed by atoms with E-state index in [2.05, 4.69) is 18.1 Å². The van der Waals surface area contributed by atoms with Gasteiger partial charge in [0.05, 0.1) is 12.7 Å². The van der Waals surface area contributed by atoms with Gasteiger partial charge in [-0.25, -0.2) is 18.5 Å². The first-order valence-electron chi connectivity index (χ1n) is 8.49. The third kappa shape index (κ3) is 11.8. The van der Waals surface area contributed by atoms with E-state index in [0.29, 0.717) is 0 Å². The van der Waals surface area contributed by atoms with Gasteiger partial charge in [-0.1, -0.05) is 21.6 Å². The van der Waals surface area contributed by atoms with Gasteiger partial charge in [0.15, 0.2) is 0 Å². The normalized spacial score (nSPS) is 17.8. The maximum Gasteiger partial charge on any atom is 0.490 e. The first-order chi connectivity index (χ1) is 15.1. The van der Waals surface area contributed by atoms with Crippen molar-refractivity contribution in [2.75, 3.05) is 25.9 Å². The van der Waals surface area contributed by atoms with E-state index >= 15 is 0 Å². The molecule has 5 N–H and O–H groups in total. The topological polar surface area (TPSA) is 233 Å². The summed E-state index contributed by atoms with van der Waals surface area (Å²) in [4.78, 5) is 61.8. The minimum atomic E-state index is -5.67. The fraction of sp³-hybridized carbons (Fsp3) is 0.667. The van der Waals surface area contributed by atoms with Crippen LogP contribution in [0, 0.1) is 6.92 Å². The number of nitrogens with one attached hydrogen (secondary N) is 1. The molecule has 0 aliphatic rings. The third-order valence-electron chi connectivity index (χ3n) is 3.50. The van der Waals surface area contributed by atoms with E-state index in [1.165, 1.54) is 41.8 Å². The molecule has 21 heteroatoms. The predicted molar refractivity (Wildman–Crippen MR) is 117 cm³/mol. The number of rotatable bonds is 15. The molecule has 1 aromatic rings. The second-order valence-corrected chi connectivity index (χ2v) is 12.9. The zero-order valence-electron chi connectivity index (χ0n) is 17.3. The van der Waals surface area contributed by atoms with Crippen LogP contribution in [0.3, 0.4) is 0 Å². The Hall–Kier alpha value is -0.290. The first kappa shape index (κ1) is 30.7. The SMILES string of the molecule is CO[C@H](CC(COP(=O)(O)OP(=O)(O)OP(=O)(O)O)OCSSC)n1cc(C)c(=O)[nH]c1=O. The van der Waals surface area contributed by atoms with Crippen LogP contribution < -0.4 is 11.2 Å². The van der Waals surface area contributed by atoms with Crippen molar-refractivity contribution in [1.29, 1.82) is 0 Å². The second kappa shape index (κ2) is 13.1. The summed E-state index contributed by atoms with van der Waals surface area (Å²) in [5.41, 5.74) is -1.18. The van der Waals surface area contributed by atoms with Crippen molar-refractivity contribution in [2.45, 2.75) is 25.7 Å². The third-order valence-corrected chi connectivity index (χ3v) is 8.77. The molecule has 0 saturated heterocycles. The van der Waals surface area contributed by atoms with Crippen LogP contribution in [0.1, 0.15) is 18.2 Å². The van der Waals surface area contributed by atoms with Gasteiger partial charge in [-0.3, -0.25) is 18.9 Å². The Morgan fingerprint density at radius 3 is 2.30 bits per heavy atom. The minimum Gasteiger partial charge on any atom is -0.364 e. The zero-order chi connectivity index (χ0) is 25.4. The molecular formula is C12H23N2O14P3S2. The molecule has 0 saturated carbocycles. The molecule has 0 aliphatic carbocycles. The van der Waals surface area contributed by atoms with Gasteiger partial charge in [0.2, 0.25) is 0 Å². The van der Waals surface area contributed by atoms with Gasteiger partial charge in [0, 0.05) is 25.3 Å². The summed E-state index contributed by atoms with van der Waals surface area (Å²) in [5.74, 6) is 0.0571. The van der Waals surface area contributed by atoms with E-state index < -0.39 is 53.7 Å². The maximum atomic E-state index is 12.1. The van der Waals surface area contributed by atoms with Gasteiger partial charge in [-0.15, -0.1) is 0 Å². The average molecular weight is 576 g/mol. The molecule has 0 fully saturated rings. The van der Waals surface area contributed by atoms with Gasteiger partial charge in [0.1, 0.15) is 12.2 Å². The summed E-state index contributed by atoms with van der Waals surface area (Å²) in [6, 6.07) is 0. The maximum absolute atomic E-state index is 12.1. The molecule has 1 heterocycles. The molecule has 0 amide bonds. The fourth-order valence-corrected chi connectivity index (χ4v) is 6.03. The number of nitrogens with zero attached hydrogens (tertiary/aromatic N) is 1. The highest BCUT2D eigenvalue weighted by Crippen LogP contribution is 2.66. The summed E-state index contributed by atoms with van der Waals surface area (Å²) in [6.45, 7) is 0.718. The Morgan fingerprint density at radius 1 is 1.12 bits per heavy atom. The molecule has 3 unspecified atom stereocenters. The fourth-order valence-electron chi connectivity index (χ4n) is 2.19. The van der Waals surface area contributed by atoms with Crippen molar-refractivity contribution in [2.24, 2.45) is 0 Å². The van der Waals surface area contributed by atoms with Crippen molar-refractivity contribution >= 4 is 45.1 Å². The molecule has 0 spiro atoms. The van der Waals surface area contributed by atoms with Crippen LogP contribution in [0.2, 0.25) is 0 Å². The molecule has 16 nitrogen and oxygen atoms in total. The summed E-state index contributed by atoms with van der Waals surface area (Å²) in [5, 5.41) is 0. The molecular weight excluding hydrogens is 553 g/mol. The molecule has 0 aliphatic heterocycles. The Kier molecular flexibility index (Phi) is 12.2. The molecule has 0 bridgehead atoms. The Morgan fingerprint density at radius 2 is 1.76 bits per heavy atom. The number of H-pyrrole nitrogens is 1. The van der Waals surface area contributed by atoms with Crippen molar-refractivity contribution in [3.8, 4) is 0 Å². The van der Waals surface area contributed by atoms with Gasteiger partial charge < -0.3 is 29.0 Å². The number of hydrogen-bond acceptors (Lipinski definition) is 12. The standard InChI is InChI=1S/C12H23N2O14P3S2/c1-8-5-14(12(16)13-11(8)15)10(24-2)4-9(25-7-33-32-3)6-26-30(20,21)28-31(22,23)27-29(17,18)19/h5,9-10H,4,6-7H2,1-3H3,(H,20,21)(H,22,23)(H,13,15,16)(H2,17,18,19)/t9?,10-/m1/s1. The van der Waals surface area contributed by atoms with Gasteiger partial charge >= 0.3 is 29.2 Å². The van der Waals surface area contributed by atoms with Crippen molar-refractivity contribution in [1.82, 2.24) is 9.55 Å². The van der Waals surface area contributed by atoms with Crippen molar-refractivity contribution < 1.29 is 55.9 Å². The Balaban J connectivity index is 2.99. The summed E-state index contributed by atoms with van der Waals surface area (Å²) < 4.78 is 57.8. The molecule has 4 atom stereocenters. The van der Waals surface area contributed by atoms with Gasteiger partial charge in [-0.05, 0) is 13.2 Å². The number of ether oxygens (including phenoxy) is 2. The lowest BCUT2D eigenvalue weighted by Crippen LogP contribution is -2.36. The molecule has 192 valence electrons. The van der Waals surface area contributed by atoms with Crippen LogP contribution in [0.4, 0.5) is 0 Å². The highest BCUT2D eigenvalue weighted by Gasteiger charge is 2.41. The molecule has 0 radical (unpaired) electrons. The van der Waals surface area contributed by atoms with Crippen LogP contribution in [-0.4, -0.2) is 61.1 Å². The lowest BCUT2D eigenvalue weighted by atomic mass is 10.2. The van der Waals surface area contributed by atoms with E-state index in [4.69, 9.17) is 19.3 Å². The number of methoxy groups -OCH3 is 1. The van der Waals surface area contributed by atoms with Crippen LogP contribution >= 0.6 is 45.1 Å². The zero-order valence-corrected chi connectivity index (χ0v) is 21.6. The highest BCUT2D eigenvalue weighted by atomic mass is 33.1. The van der Waals surface area contributed by atoms with E-state index in [9.17, 15) is 33.1 Å². The molecule has 1 aromatic heterocycles. The van der Waals surface area contributed by atoms with E-state index in [0.717, 1.165) is 4.57 Å². The summed E-state index contributed by atoms with van der Waals surface area (Å²) in [7, 11) is -12.7. The van der Waals surface area contributed by atoms with Gasteiger partial charge in [-0.2, -0.15) is 8.62 Å². The van der Waals surface area contributed by atoms with Crippen LogP contribution in [-0.2, 0) is 36.3 Å². The smallest absolute Gasteiger partial charge is 0.364 e. The largest absolute Gasteiger partial charge is 0.490 e. The molecule has 0 aromatic carbocycles. The predicted octanol–water partition coefficient (Wildman–Crippen LogP) is 1.08. The van der Waals surface area contributed by atoms with Crippen molar-refractivity contribution in [3.05, 3.63) is 32.6 Å². The quantitative estimate of drug-likeness (QED) is 0.0850. The van der Waals surface area contributed by atoms with Crippen LogP contribution in [0.25, 0.3) is 0 Å². The lowest BCUT2D eigenvalue weighted by molar-refractivity contribution is -0.0380. The number of phosphoric ester groups is 1. The number of aromatic nitrogens is 2. The van der Waals surface area contributed by atoms with Crippen LogP contribution in [0.5, 0.6) is 0 Å². The average Bonchev–Trinajstić information content (AvgIpc) is 2.64. The summed E-state index contributed by atoms with van der Waals surface area (Å²) >= 11 is 0. The molecule has 33 heavy (non-hydrogen) atoms. The van der Waals surface area contributed by atoms with Crippen molar-refractivity contribution in [3.63, 3.8) is 0 Å². The first-order valence-corrected chi connectivity index (χ1v) is 15.7. The minimum absolute atomic E-state index is 0.0571.